The lowest BCUT2D eigenvalue weighted by molar-refractivity contribution is 0.198. The molecule has 0 aliphatic rings. The topological polar surface area (TPSA) is 23.5 Å². The molecular weight excluding hydrogens is 246 g/mol. The van der Waals surface area contributed by atoms with Gasteiger partial charge < -0.3 is 10.0 Å². The molecule has 1 N–H and O–H groups in total. The number of aliphatic hydroxyl groups is 1. The molecule has 0 saturated heterocycles. The number of hydrogen-bond donors (Lipinski definition) is 1. The monoisotopic (exact) mass is 269 g/mol. The van der Waals surface area contributed by atoms with Crippen LogP contribution in [0.4, 0.5) is 0 Å². The summed E-state index contributed by atoms with van der Waals surface area (Å²) in [4.78, 5) is 2.33. The van der Waals surface area contributed by atoms with Crippen LogP contribution in [0.15, 0.2) is 60.7 Å². The van der Waals surface area contributed by atoms with Gasteiger partial charge in [-0.1, -0.05) is 60.7 Å². The lowest BCUT2D eigenvalue weighted by Gasteiger charge is -2.21. The minimum atomic E-state index is 0.226. The Labute approximate surface area is 121 Å². The molecule has 0 radical (unpaired) electrons. The molecule has 106 valence electrons. The van der Waals surface area contributed by atoms with Gasteiger partial charge in [0.1, 0.15) is 0 Å². The van der Waals surface area contributed by atoms with Crippen LogP contribution in [0, 0.1) is 0 Å². The lowest BCUT2D eigenvalue weighted by Crippen LogP contribution is -2.31. The third-order valence-electron chi connectivity index (χ3n) is 3.54. The second kappa shape index (κ2) is 8.51. The Morgan fingerprint density at radius 2 is 1.10 bits per heavy atom. The average molecular weight is 269 g/mol. The SMILES string of the molecule is OCCN(CCc1ccccc1)CCc1ccccc1. The van der Waals surface area contributed by atoms with Crippen molar-refractivity contribution in [1.29, 1.82) is 0 Å². The predicted octanol–water partition coefficient (Wildman–Crippen LogP) is 2.77. The Bertz CT molecular complexity index is 426. The van der Waals surface area contributed by atoms with E-state index in [1.807, 2.05) is 12.1 Å². The van der Waals surface area contributed by atoms with Crippen LogP contribution in [0.3, 0.4) is 0 Å². The molecule has 2 aromatic carbocycles. The Hall–Kier alpha value is -1.64. The third kappa shape index (κ3) is 5.16. The fraction of sp³-hybridized carbons (Fsp3) is 0.333. The molecule has 0 aliphatic carbocycles. The number of hydrogen-bond acceptors (Lipinski definition) is 2. The van der Waals surface area contributed by atoms with Crippen molar-refractivity contribution >= 4 is 0 Å². The van der Waals surface area contributed by atoms with Gasteiger partial charge in [-0.3, -0.25) is 0 Å². The van der Waals surface area contributed by atoms with E-state index in [2.05, 4.69) is 53.4 Å². The molecule has 2 aromatic rings. The highest BCUT2D eigenvalue weighted by Crippen LogP contribution is 2.04. The van der Waals surface area contributed by atoms with Crippen LogP contribution < -0.4 is 0 Å². The van der Waals surface area contributed by atoms with Gasteiger partial charge in [-0.2, -0.15) is 0 Å². The van der Waals surface area contributed by atoms with Gasteiger partial charge in [0.2, 0.25) is 0 Å². The van der Waals surface area contributed by atoms with Crippen molar-refractivity contribution in [3.63, 3.8) is 0 Å². The normalized spacial score (nSPS) is 10.9. The smallest absolute Gasteiger partial charge is 0.0558 e. The Morgan fingerprint density at radius 3 is 1.50 bits per heavy atom. The molecular formula is C18H23NO. The van der Waals surface area contributed by atoms with Crippen molar-refractivity contribution in [3.8, 4) is 0 Å². The Kier molecular flexibility index (Phi) is 6.28. The van der Waals surface area contributed by atoms with E-state index < -0.39 is 0 Å². The van der Waals surface area contributed by atoms with E-state index in [0.29, 0.717) is 0 Å². The lowest BCUT2D eigenvalue weighted by atomic mass is 10.1. The molecule has 0 unspecified atom stereocenters. The van der Waals surface area contributed by atoms with Gasteiger partial charge in [0.15, 0.2) is 0 Å². The van der Waals surface area contributed by atoms with Gasteiger partial charge in [0, 0.05) is 19.6 Å². The fourth-order valence-corrected chi connectivity index (χ4v) is 2.34. The van der Waals surface area contributed by atoms with Crippen molar-refractivity contribution in [2.75, 3.05) is 26.2 Å². The van der Waals surface area contributed by atoms with Crippen LogP contribution >= 0.6 is 0 Å². The second-order valence-corrected chi connectivity index (χ2v) is 5.04. The fourth-order valence-electron chi connectivity index (χ4n) is 2.34. The highest BCUT2D eigenvalue weighted by molar-refractivity contribution is 5.16. The summed E-state index contributed by atoms with van der Waals surface area (Å²) < 4.78 is 0. The maximum atomic E-state index is 9.19. The largest absolute Gasteiger partial charge is 0.395 e. The zero-order valence-corrected chi connectivity index (χ0v) is 11.9. The van der Waals surface area contributed by atoms with Crippen LogP contribution in [0.25, 0.3) is 0 Å². The predicted molar refractivity (Wildman–Crippen MR) is 83.8 cm³/mol. The van der Waals surface area contributed by atoms with E-state index in [-0.39, 0.29) is 6.61 Å². The molecule has 0 aromatic heterocycles. The van der Waals surface area contributed by atoms with Crippen LogP contribution in [-0.4, -0.2) is 36.2 Å². The molecule has 0 atom stereocenters. The molecule has 20 heavy (non-hydrogen) atoms. The Morgan fingerprint density at radius 1 is 0.650 bits per heavy atom. The summed E-state index contributed by atoms with van der Waals surface area (Å²) in [5, 5.41) is 9.19. The first-order chi connectivity index (χ1) is 9.88. The number of aliphatic hydroxyl groups excluding tert-OH is 1. The van der Waals surface area contributed by atoms with Crippen LogP contribution in [0.2, 0.25) is 0 Å². The van der Waals surface area contributed by atoms with Crippen molar-refractivity contribution < 1.29 is 5.11 Å². The van der Waals surface area contributed by atoms with Gasteiger partial charge >= 0.3 is 0 Å². The summed E-state index contributed by atoms with van der Waals surface area (Å²) in [5.74, 6) is 0. The first-order valence-corrected chi connectivity index (χ1v) is 7.29. The van der Waals surface area contributed by atoms with Gasteiger partial charge in [0.05, 0.1) is 6.61 Å². The highest BCUT2D eigenvalue weighted by atomic mass is 16.3. The molecule has 0 spiro atoms. The minimum absolute atomic E-state index is 0.226. The van der Waals surface area contributed by atoms with E-state index in [4.69, 9.17) is 0 Å². The number of rotatable bonds is 8. The minimum Gasteiger partial charge on any atom is -0.395 e. The molecule has 2 heteroatoms. The summed E-state index contributed by atoms with van der Waals surface area (Å²) in [7, 11) is 0. The average Bonchev–Trinajstić information content (AvgIpc) is 2.52. The van der Waals surface area contributed by atoms with E-state index in [1.54, 1.807) is 0 Å². The first kappa shape index (κ1) is 14.8. The van der Waals surface area contributed by atoms with E-state index in [0.717, 1.165) is 32.5 Å². The first-order valence-electron chi connectivity index (χ1n) is 7.29. The molecule has 0 amide bonds. The van der Waals surface area contributed by atoms with E-state index >= 15 is 0 Å². The third-order valence-corrected chi connectivity index (χ3v) is 3.54. The van der Waals surface area contributed by atoms with Crippen LogP contribution in [0.1, 0.15) is 11.1 Å². The summed E-state index contributed by atoms with van der Waals surface area (Å²) in [6, 6.07) is 21.1. The second-order valence-electron chi connectivity index (χ2n) is 5.04. The number of benzene rings is 2. The summed E-state index contributed by atoms with van der Waals surface area (Å²) in [5.41, 5.74) is 2.71. The molecule has 0 heterocycles. The number of nitrogens with zero attached hydrogens (tertiary/aromatic N) is 1. The molecule has 2 rings (SSSR count). The molecule has 0 saturated carbocycles. The van der Waals surface area contributed by atoms with Gasteiger partial charge in [-0.05, 0) is 24.0 Å². The maximum absolute atomic E-state index is 9.19. The zero-order valence-electron chi connectivity index (χ0n) is 11.9. The summed E-state index contributed by atoms with van der Waals surface area (Å²) in [6.45, 7) is 2.97. The quantitative estimate of drug-likeness (QED) is 0.796. The van der Waals surface area contributed by atoms with Crippen molar-refractivity contribution in [1.82, 2.24) is 4.90 Å². The van der Waals surface area contributed by atoms with E-state index in [1.165, 1.54) is 11.1 Å². The van der Waals surface area contributed by atoms with Crippen molar-refractivity contribution in [2.45, 2.75) is 12.8 Å². The maximum Gasteiger partial charge on any atom is 0.0558 e. The van der Waals surface area contributed by atoms with Crippen LogP contribution in [0.5, 0.6) is 0 Å². The summed E-state index contributed by atoms with van der Waals surface area (Å²) in [6.07, 6.45) is 2.07. The van der Waals surface area contributed by atoms with Crippen molar-refractivity contribution in [2.24, 2.45) is 0 Å². The van der Waals surface area contributed by atoms with Gasteiger partial charge in [0.25, 0.3) is 0 Å². The van der Waals surface area contributed by atoms with Gasteiger partial charge in [-0.25, -0.2) is 0 Å². The standard InChI is InChI=1S/C18H23NO/c20-16-15-19(13-11-17-7-3-1-4-8-17)14-12-18-9-5-2-6-10-18/h1-10,20H,11-16H2. The summed E-state index contributed by atoms with van der Waals surface area (Å²) >= 11 is 0. The molecule has 0 aliphatic heterocycles. The molecule has 2 nitrogen and oxygen atoms in total. The zero-order chi connectivity index (χ0) is 14.0. The van der Waals surface area contributed by atoms with Crippen LogP contribution in [-0.2, 0) is 12.8 Å². The van der Waals surface area contributed by atoms with Gasteiger partial charge in [-0.15, -0.1) is 0 Å². The highest BCUT2D eigenvalue weighted by Gasteiger charge is 2.05. The molecule has 0 bridgehead atoms. The van der Waals surface area contributed by atoms with Crippen molar-refractivity contribution in [3.05, 3.63) is 71.8 Å². The Balaban J connectivity index is 1.81. The molecule has 0 fully saturated rings. The van der Waals surface area contributed by atoms with E-state index in [9.17, 15) is 5.11 Å².